The second-order valence-electron chi connectivity index (χ2n) is 4.15. The number of esters is 1. The number of hydrogen-bond acceptors (Lipinski definition) is 7. The van der Waals surface area contributed by atoms with Crippen LogP contribution in [0.5, 0.6) is 5.75 Å². The molecule has 106 valence electrons. The Morgan fingerprint density at radius 1 is 1.38 bits per heavy atom. The van der Waals surface area contributed by atoms with Crippen molar-refractivity contribution in [2.75, 3.05) is 0 Å². The van der Waals surface area contributed by atoms with Crippen LogP contribution < -0.4 is 0 Å². The molecule has 6 nitrogen and oxygen atoms in total. The van der Waals surface area contributed by atoms with E-state index in [0.29, 0.717) is 5.82 Å². The van der Waals surface area contributed by atoms with Crippen molar-refractivity contribution in [2.24, 2.45) is 0 Å². The number of carbonyl (C=O) groups excluding carboxylic acids is 1. The fourth-order valence-corrected chi connectivity index (χ4v) is 2.30. The molecule has 0 saturated heterocycles. The molecule has 3 aromatic rings. The molecule has 0 spiro atoms. The summed E-state index contributed by atoms with van der Waals surface area (Å²) in [7, 11) is 0. The van der Waals surface area contributed by atoms with Crippen LogP contribution in [0.1, 0.15) is 16.2 Å². The van der Waals surface area contributed by atoms with E-state index >= 15 is 0 Å². The minimum atomic E-state index is -0.568. The van der Waals surface area contributed by atoms with Crippen LogP contribution >= 0.6 is 11.3 Å². The van der Waals surface area contributed by atoms with Crippen LogP contribution in [0, 0.1) is 0 Å². The monoisotopic (exact) mass is 302 g/mol. The largest absolute Gasteiger partial charge is 0.508 e. The lowest BCUT2D eigenvalue weighted by atomic mass is 10.2. The van der Waals surface area contributed by atoms with Crippen LogP contribution in [-0.4, -0.2) is 21.2 Å². The van der Waals surface area contributed by atoms with E-state index in [1.165, 1.54) is 23.5 Å². The number of hydrogen-bond donors (Lipinski definition) is 1. The SMILES string of the molecule is O=C(OCc1nc(-c2ccsc2)no1)c1cccc(O)c1. The maximum atomic E-state index is 11.8. The van der Waals surface area contributed by atoms with Gasteiger partial charge >= 0.3 is 5.97 Å². The van der Waals surface area contributed by atoms with Crippen molar-refractivity contribution in [2.45, 2.75) is 6.61 Å². The fourth-order valence-electron chi connectivity index (χ4n) is 1.67. The Bertz CT molecular complexity index is 752. The highest BCUT2D eigenvalue weighted by Gasteiger charge is 2.13. The van der Waals surface area contributed by atoms with Gasteiger partial charge in [-0.25, -0.2) is 4.79 Å². The molecule has 0 aliphatic rings. The molecule has 0 aliphatic heterocycles. The number of nitrogens with zero attached hydrogens (tertiary/aromatic N) is 2. The number of thiophene rings is 1. The molecule has 1 aromatic carbocycles. The van der Waals surface area contributed by atoms with Crippen LogP contribution in [0.2, 0.25) is 0 Å². The predicted octanol–water partition coefficient (Wildman–Crippen LogP) is 2.86. The Hall–Kier alpha value is -2.67. The molecule has 0 bridgehead atoms. The van der Waals surface area contributed by atoms with Gasteiger partial charge in [0.1, 0.15) is 5.75 Å². The van der Waals surface area contributed by atoms with Crippen molar-refractivity contribution in [1.29, 1.82) is 0 Å². The number of phenolic OH excluding ortho intramolecular Hbond substituents is 1. The number of aromatic hydroxyl groups is 1. The number of benzene rings is 1. The number of phenols is 1. The highest BCUT2D eigenvalue weighted by Crippen LogP contribution is 2.19. The Morgan fingerprint density at radius 3 is 3.05 bits per heavy atom. The molecule has 0 amide bonds. The molecule has 0 aliphatic carbocycles. The smallest absolute Gasteiger partial charge is 0.338 e. The highest BCUT2D eigenvalue weighted by molar-refractivity contribution is 7.08. The second-order valence-corrected chi connectivity index (χ2v) is 4.93. The number of aromatic nitrogens is 2. The summed E-state index contributed by atoms with van der Waals surface area (Å²) in [5.41, 5.74) is 1.11. The van der Waals surface area contributed by atoms with E-state index in [4.69, 9.17) is 9.26 Å². The van der Waals surface area contributed by atoms with Gasteiger partial charge in [-0.3, -0.25) is 0 Å². The summed E-state index contributed by atoms with van der Waals surface area (Å²) in [6.07, 6.45) is 0. The minimum Gasteiger partial charge on any atom is -0.508 e. The van der Waals surface area contributed by atoms with Gasteiger partial charge in [-0.2, -0.15) is 16.3 Å². The first-order valence-corrected chi connectivity index (χ1v) is 6.98. The van der Waals surface area contributed by atoms with Crippen molar-refractivity contribution in [3.05, 3.63) is 52.5 Å². The van der Waals surface area contributed by atoms with Crippen molar-refractivity contribution in [3.8, 4) is 17.1 Å². The third-order valence-electron chi connectivity index (χ3n) is 2.66. The van der Waals surface area contributed by atoms with Gasteiger partial charge in [0.25, 0.3) is 5.89 Å². The van der Waals surface area contributed by atoms with Crippen molar-refractivity contribution < 1.29 is 19.2 Å². The average molecular weight is 302 g/mol. The summed E-state index contributed by atoms with van der Waals surface area (Å²) < 4.78 is 10.1. The molecule has 0 fully saturated rings. The Labute approximate surface area is 123 Å². The molecule has 21 heavy (non-hydrogen) atoms. The second kappa shape index (κ2) is 5.76. The molecule has 0 saturated carbocycles. The first-order chi connectivity index (χ1) is 10.2. The van der Waals surface area contributed by atoms with E-state index in [2.05, 4.69) is 10.1 Å². The topological polar surface area (TPSA) is 85.5 Å². The van der Waals surface area contributed by atoms with Crippen LogP contribution in [0.25, 0.3) is 11.4 Å². The molecule has 0 unspecified atom stereocenters. The zero-order valence-electron chi connectivity index (χ0n) is 10.7. The van der Waals surface area contributed by atoms with Gasteiger partial charge in [-0.15, -0.1) is 0 Å². The summed E-state index contributed by atoms with van der Waals surface area (Å²) in [5.74, 6) is 0.104. The van der Waals surface area contributed by atoms with Crippen molar-refractivity contribution in [3.63, 3.8) is 0 Å². The fraction of sp³-hybridized carbons (Fsp3) is 0.0714. The lowest BCUT2D eigenvalue weighted by Gasteiger charge is -2.01. The van der Waals surface area contributed by atoms with Crippen LogP contribution in [0.3, 0.4) is 0 Å². The molecule has 1 N–H and O–H groups in total. The average Bonchev–Trinajstić information content (AvgIpc) is 3.15. The highest BCUT2D eigenvalue weighted by atomic mass is 32.1. The van der Waals surface area contributed by atoms with Gasteiger partial charge in [0.2, 0.25) is 5.82 Å². The summed E-state index contributed by atoms with van der Waals surface area (Å²) in [4.78, 5) is 15.9. The lowest BCUT2D eigenvalue weighted by Crippen LogP contribution is -2.05. The molecule has 0 atom stereocenters. The first-order valence-electron chi connectivity index (χ1n) is 6.04. The molecule has 7 heteroatoms. The zero-order chi connectivity index (χ0) is 14.7. The van der Waals surface area contributed by atoms with E-state index in [9.17, 15) is 9.90 Å². The van der Waals surface area contributed by atoms with Crippen LogP contribution in [0.15, 0.2) is 45.6 Å². The number of rotatable bonds is 4. The number of ether oxygens (including phenoxy) is 1. The Morgan fingerprint density at radius 2 is 2.29 bits per heavy atom. The van der Waals surface area contributed by atoms with Crippen LogP contribution in [0.4, 0.5) is 0 Å². The van der Waals surface area contributed by atoms with Crippen LogP contribution in [-0.2, 0) is 11.3 Å². The van der Waals surface area contributed by atoms with E-state index < -0.39 is 5.97 Å². The third-order valence-corrected chi connectivity index (χ3v) is 3.34. The van der Waals surface area contributed by atoms with Gasteiger partial charge in [0, 0.05) is 10.9 Å². The van der Waals surface area contributed by atoms with E-state index in [1.54, 1.807) is 12.1 Å². The molecular formula is C14H10N2O4S. The normalized spacial score (nSPS) is 10.5. The van der Waals surface area contributed by atoms with Gasteiger partial charge in [-0.1, -0.05) is 11.2 Å². The summed E-state index contributed by atoms with van der Waals surface area (Å²) in [5, 5.41) is 16.9. The molecule has 0 radical (unpaired) electrons. The number of carbonyl (C=O) groups is 1. The molecule has 2 heterocycles. The Balaban J connectivity index is 1.64. The van der Waals surface area contributed by atoms with Gasteiger partial charge in [0.15, 0.2) is 6.61 Å². The molecule has 3 rings (SSSR count). The Kier molecular flexibility index (Phi) is 3.65. The molecule has 2 aromatic heterocycles. The standard InChI is InChI=1S/C14H10N2O4S/c17-11-3-1-2-9(6-11)14(18)19-7-12-15-13(16-20-12)10-4-5-21-8-10/h1-6,8,17H,7H2. The predicted molar refractivity (Wildman–Crippen MR) is 74.8 cm³/mol. The third kappa shape index (κ3) is 3.09. The van der Waals surface area contributed by atoms with E-state index in [-0.39, 0.29) is 23.8 Å². The summed E-state index contributed by atoms with van der Waals surface area (Å²) in [6, 6.07) is 7.78. The summed E-state index contributed by atoms with van der Waals surface area (Å²) >= 11 is 1.53. The maximum Gasteiger partial charge on any atom is 0.338 e. The maximum absolute atomic E-state index is 11.8. The van der Waals surface area contributed by atoms with E-state index in [0.717, 1.165) is 5.56 Å². The zero-order valence-corrected chi connectivity index (χ0v) is 11.5. The van der Waals surface area contributed by atoms with E-state index in [1.807, 2.05) is 16.8 Å². The molecular weight excluding hydrogens is 292 g/mol. The summed E-state index contributed by atoms with van der Waals surface area (Å²) in [6.45, 7) is -0.119. The lowest BCUT2D eigenvalue weighted by molar-refractivity contribution is 0.0429. The van der Waals surface area contributed by atoms with Gasteiger partial charge < -0.3 is 14.4 Å². The first kappa shape index (κ1) is 13.3. The van der Waals surface area contributed by atoms with Crippen molar-refractivity contribution in [1.82, 2.24) is 10.1 Å². The van der Waals surface area contributed by atoms with Crippen molar-refractivity contribution >= 4 is 17.3 Å². The minimum absolute atomic E-state index is 0.00184. The quantitative estimate of drug-likeness (QED) is 0.746. The van der Waals surface area contributed by atoms with Gasteiger partial charge in [-0.05, 0) is 29.6 Å². The van der Waals surface area contributed by atoms with Gasteiger partial charge in [0.05, 0.1) is 5.56 Å².